The minimum Gasteiger partial charge on any atom is -0.406 e. The van der Waals surface area contributed by atoms with E-state index in [1.54, 1.807) is 0 Å². The van der Waals surface area contributed by atoms with Crippen molar-refractivity contribution in [2.75, 3.05) is 11.5 Å². The van der Waals surface area contributed by atoms with E-state index in [9.17, 15) is 17.4 Å². The third-order valence-electron chi connectivity index (χ3n) is 2.34. The molecule has 0 N–H and O–H groups in total. The van der Waals surface area contributed by atoms with Gasteiger partial charge in [-0.15, -0.1) is 13.2 Å². The van der Waals surface area contributed by atoms with Crippen LogP contribution in [0.25, 0.3) is 0 Å². The second-order valence-electron chi connectivity index (χ2n) is 3.79. The molecule has 100 valence electrons. The molecule has 1 heterocycles. The van der Waals surface area contributed by atoms with Crippen molar-refractivity contribution in [2.24, 2.45) is 4.36 Å². The zero-order valence-corrected chi connectivity index (χ0v) is 10.6. The summed E-state index contributed by atoms with van der Waals surface area (Å²) in [6, 6.07) is 3.37. The first-order chi connectivity index (χ1) is 8.27. The number of hydrogen-bond donors (Lipinski definition) is 0. The summed E-state index contributed by atoms with van der Waals surface area (Å²) >= 11 is 5.80. The van der Waals surface area contributed by atoms with Crippen LogP contribution >= 0.6 is 11.6 Å². The van der Waals surface area contributed by atoms with Gasteiger partial charge in [0.1, 0.15) is 5.75 Å². The SMILES string of the molecule is O=S1(=Nc2cc(OC(F)(F)F)ccc2Cl)CCC1. The Bertz CT molecular complexity index is 569. The van der Waals surface area contributed by atoms with Crippen molar-refractivity contribution in [3.8, 4) is 5.75 Å². The standard InChI is InChI=1S/C10H9ClF3NO2S/c11-8-3-2-7(17-10(12,13)14)6-9(8)15-18(16)4-1-5-18/h2-3,6H,1,4-5H2. The highest BCUT2D eigenvalue weighted by Gasteiger charge is 2.31. The topological polar surface area (TPSA) is 38.7 Å². The van der Waals surface area contributed by atoms with Gasteiger partial charge in [-0.3, -0.25) is 0 Å². The summed E-state index contributed by atoms with van der Waals surface area (Å²) in [6.45, 7) is 0. The Morgan fingerprint density at radius 2 is 2.00 bits per heavy atom. The van der Waals surface area contributed by atoms with Crippen molar-refractivity contribution < 1.29 is 22.1 Å². The maximum Gasteiger partial charge on any atom is 0.573 e. The quantitative estimate of drug-likeness (QED) is 0.834. The van der Waals surface area contributed by atoms with Crippen LogP contribution in [0.15, 0.2) is 22.6 Å². The molecule has 1 fully saturated rings. The van der Waals surface area contributed by atoms with Gasteiger partial charge < -0.3 is 4.74 Å². The number of hydrogen-bond acceptors (Lipinski definition) is 3. The molecule has 0 atom stereocenters. The van der Waals surface area contributed by atoms with Crippen LogP contribution in [-0.2, 0) is 9.73 Å². The smallest absolute Gasteiger partial charge is 0.406 e. The van der Waals surface area contributed by atoms with E-state index in [0.717, 1.165) is 18.6 Å². The number of alkyl halides is 3. The van der Waals surface area contributed by atoms with E-state index >= 15 is 0 Å². The van der Waals surface area contributed by atoms with Crippen molar-refractivity contribution in [1.29, 1.82) is 0 Å². The normalized spacial score (nSPS) is 18.0. The summed E-state index contributed by atoms with van der Waals surface area (Å²) in [5, 5.41) is 0.152. The zero-order chi connectivity index (χ0) is 13.4. The van der Waals surface area contributed by atoms with Gasteiger partial charge in [-0.05, 0) is 18.6 Å². The van der Waals surface area contributed by atoms with Gasteiger partial charge in [0.25, 0.3) is 0 Å². The molecule has 1 aromatic rings. The van der Waals surface area contributed by atoms with Crippen molar-refractivity contribution in [1.82, 2.24) is 0 Å². The van der Waals surface area contributed by atoms with E-state index in [4.69, 9.17) is 11.6 Å². The minimum absolute atomic E-state index is 0.0723. The Hall–Kier alpha value is -0.950. The van der Waals surface area contributed by atoms with E-state index in [0.29, 0.717) is 11.5 Å². The van der Waals surface area contributed by atoms with Crippen LogP contribution in [0.1, 0.15) is 6.42 Å². The summed E-state index contributed by atoms with van der Waals surface area (Å²) in [4.78, 5) is 0. The molecule has 1 aliphatic rings. The summed E-state index contributed by atoms with van der Waals surface area (Å²) in [6.07, 6.45) is -3.97. The van der Waals surface area contributed by atoms with Gasteiger partial charge in [0.05, 0.1) is 20.4 Å². The van der Waals surface area contributed by atoms with Gasteiger partial charge in [-0.25, -0.2) is 4.21 Å². The average molecular weight is 300 g/mol. The van der Waals surface area contributed by atoms with Crippen LogP contribution in [0, 0.1) is 0 Å². The van der Waals surface area contributed by atoms with Crippen molar-refractivity contribution in [3.63, 3.8) is 0 Å². The lowest BCUT2D eigenvalue weighted by Crippen LogP contribution is -2.23. The third-order valence-corrected chi connectivity index (χ3v) is 5.04. The zero-order valence-electron chi connectivity index (χ0n) is 9.04. The van der Waals surface area contributed by atoms with Crippen LogP contribution < -0.4 is 4.74 Å². The molecule has 2 rings (SSSR count). The number of rotatable bonds is 2. The van der Waals surface area contributed by atoms with E-state index in [-0.39, 0.29) is 10.7 Å². The van der Waals surface area contributed by atoms with Crippen molar-refractivity contribution in [2.45, 2.75) is 12.8 Å². The van der Waals surface area contributed by atoms with E-state index in [1.165, 1.54) is 6.07 Å². The number of halogens is 4. The average Bonchev–Trinajstić information content (AvgIpc) is 2.18. The summed E-state index contributed by atoms with van der Waals surface area (Å²) in [5.74, 6) is 0.481. The highest BCUT2D eigenvalue weighted by Crippen LogP contribution is 2.34. The number of nitrogens with zero attached hydrogens (tertiary/aromatic N) is 1. The molecule has 0 aromatic heterocycles. The van der Waals surface area contributed by atoms with Crippen LogP contribution in [-0.4, -0.2) is 22.1 Å². The Labute approximate surface area is 107 Å². The van der Waals surface area contributed by atoms with Gasteiger partial charge >= 0.3 is 6.36 Å². The van der Waals surface area contributed by atoms with Crippen molar-refractivity contribution >= 4 is 27.0 Å². The van der Waals surface area contributed by atoms with Gasteiger partial charge in [-0.1, -0.05) is 11.6 Å². The predicted molar refractivity (Wildman–Crippen MR) is 62.7 cm³/mol. The lowest BCUT2D eigenvalue weighted by Gasteiger charge is -2.18. The predicted octanol–water partition coefficient (Wildman–Crippen LogP) is 3.74. The lowest BCUT2D eigenvalue weighted by molar-refractivity contribution is -0.274. The molecule has 0 spiro atoms. The molecular formula is C10H9ClF3NO2S. The van der Waals surface area contributed by atoms with E-state index in [2.05, 4.69) is 9.10 Å². The van der Waals surface area contributed by atoms with E-state index in [1.807, 2.05) is 0 Å². The van der Waals surface area contributed by atoms with Crippen LogP contribution in [0.3, 0.4) is 0 Å². The Balaban J connectivity index is 2.33. The molecule has 0 saturated carbocycles. The molecule has 1 aromatic carbocycles. The first kappa shape index (κ1) is 13.5. The first-order valence-electron chi connectivity index (χ1n) is 5.05. The van der Waals surface area contributed by atoms with Gasteiger partial charge in [0, 0.05) is 17.6 Å². The monoisotopic (exact) mass is 299 g/mol. The maximum absolute atomic E-state index is 12.0. The summed E-state index contributed by atoms with van der Waals surface area (Å²) in [7, 11) is -2.32. The second-order valence-corrected chi connectivity index (χ2v) is 6.74. The van der Waals surface area contributed by atoms with Crippen LogP contribution in [0.2, 0.25) is 5.02 Å². The Morgan fingerprint density at radius 1 is 1.33 bits per heavy atom. The lowest BCUT2D eigenvalue weighted by atomic mass is 10.3. The molecular weight excluding hydrogens is 291 g/mol. The largest absolute Gasteiger partial charge is 0.573 e. The molecule has 1 saturated heterocycles. The van der Waals surface area contributed by atoms with Gasteiger partial charge in [-0.2, -0.15) is 4.36 Å². The molecule has 3 nitrogen and oxygen atoms in total. The Kier molecular flexibility index (Phi) is 3.46. The van der Waals surface area contributed by atoms with Crippen LogP contribution in [0.5, 0.6) is 5.75 Å². The van der Waals surface area contributed by atoms with Gasteiger partial charge in [0.2, 0.25) is 0 Å². The minimum atomic E-state index is -4.77. The number of benzene rings is 1. The molecule has 0 bridgehead atoms. The van der Waals surface area contributed by atoms with Gasteiger partial charge in [0.15, 0.2) is 0 Å². The second kappa shape index (κ2) is 4.62. The Morgan fingerprint density at radius 3 is 2.50 bits per heavy atom. The maximum atomic E-state index is 12.0. The number of ether oxygens (including phenoxy) is 1. The molecule has 0 radical (unpaired) electrons. The van der Waals surface area contributed by atoms with E-state index < -0.39 is 21.8 Å². The van der Waals surface area contributed by atoms with Crippen LogP contribution in [0.4, 0.5) is 18.9 Å². The molecule has 18 heavy (non-hydrogen) atoms. The molecule has 8 heteroatoms. The fourth-order valence-corrected chi connectivity index (χ4v) is 3.11. The highest BCUT2D eigenvalue weighted by molar-refractivity contribution is 7.95. The molecule has 0 aliphatic carbocycles. The molecule has 0 amide bonds. The third kappa shape index (κ3) is 3.29. The molecule has 1 aliphatic heterocycles. The molecule has 0 unspecified atom stereocenters. The fourth-order valence-electron chi connectivity index (χ4n) is 1.42. The summed E-state index contributed by atoms with van der Waals surface area (Å²) in [5.41, 5.74) is 0.0723. The first-order valence-corrected chi connectivity index (χ1v) is 7.28. The highest BCUT2D eigenvalue weighted by atomic mass is 35.5. The summed E-state index contributed by atoms with van der Waals surface area (Å²) < 4.78 is 55.7. The fraction of sp³-hybridized carbons (Fsp3) is 0.400. The van der Waals surface area contributed by atoms with Crippen molar-refractivity contribution in [3.05, 3.63) is 23.2 Å².